The largest absolute Gasteiger partial charge is 0.473 e. The molecule has 0 spiro atoms. The molecule has 1 unspecified atom stereocenters. The number of ether oxygens (including phenoxy) is 1. The highest BCUT2D eigenvalue weighted by atomic mass is 16.5. The van der Waals surface area contributed by atoms with Gasteiger partial charge in [-0.25, -0.2) is 9.97 Å². The Labute approximate surface area is 197 Å². The second-order valence-corrected chi connectivity index (χ2v) is 9.02. The molecule has 34 heavy (non-hydrogen) atoms. The van der Waals surface area contributed by atoms with Crippen molar-refractivity contribution in [3.63, 3.8) is 0 Å². The summed E-state index contributed by atoms with van der Waals surface area (Å²) in [4.78, 5) is 41.3. The minimum Gasteiger partial charge on any atom is -0.473 e. The molecule has 3 aromatic heterocycles. The van der Waals surface area contributed by atoms with Gasteiger partial charge in [-0.2, -0.15) is 0 Å². The summed E-state index contributed by atoms with van der Waals surface area (Å²) < 4.78 is 8.17. The van der Waals surface area contributed by atoms with E-state index in [1.54, 1.807) is 13.3 Å². The average molecular weight is 464 g/mol. The number of rotatable bonds is 5. The Morgan fingerprint density at radius 2 is 1.97 bits per heavy atom. The first kappa shape index (κ1) is 22.1. The molecule has 0 aromatic carbocycles. The molecule has 0 saturated carbocycles. The van der Waals surface area contributed by atoms with Crippen molar-refractivity contribution in [2.24, 2.45) is 13.0 Å². The predicted molar refractivity (Wildman–Crippen MR) is 127 cm³/mol. The van der Waals surface area contributed by atoms with E-state index in [1.165, 1.54) is 0 Å². The van der Waals surface area contributed by atoms with Gasteiger partial charge in [-0.3, -0.25) is 14.6 Å². The fourth-order valence-corrected chi connectivity index (χ4v) is 4.59. The van der Waals surface area contributed by atoms with Gasteiger partial charge < -0.3 is 24.4 Å². The molecule has 2 aliphatic heterocycles. The number of aryl methyl sites for hydroxylation is 1. The molecule has 10 heteroatoms. The first-order valence-electron chi connectivity index (χ1n) is 11.6. The third-order valence-electron chi connectivity index (χ3n) is 6.73. The van der Waals surface area contributed by atoms with Crippen LogP contribution in [0.1, 0.15) is 20.3 Å². The van der Waals surface area contributed by atoms with E-state index in [1.807, 2.05) is 47.8 Å². The first-order chi connectivity index (χ1) is 16.4. The summed E-state index contributed by atoms with van der Waals surface area (Å²) in [6, 6.07) is 5.91. The number of nitrogens with zero attached hydrogens (tertiary/aromatic N) is 6. The van der Waals surface area contributed by atoms with Gasteiger partial charge in [0.2, 0.25) is 17.7 Å². The number of pyridine rings is 2. The minimum atomic E-state index is -0.177. The number of aromatic nitrogens is 4. The molecule has 5 heterocycles. The number of carbonyl (C=O) groups excluding carboxylic acids is 2. The van der Waals surface area contributed by atoms with E-state index in [-0.39, 0.29) is 23.8 Å². The maximum absolute atomic E-state index is 11.6. The van der Waals surface area contributed by atoms with Gasteiger partial charge in [0, 0.05) is 59.0 Å². The van der Waals surface area contributed by atoms with Crippen LogP contribution in [0.4, 0.5) is 5.69 Å². The molecular formula is C24H29N7O3. The van der Waals surface area contributed by atoms with Gasteiger partial charge in [-0.1, -0.05) is 0 Å². The lowest BCUT2D eigenvalue weighted by atomic mass is 10.0. The molecule has 1 N–H and O–H groups in total. The molecule has 10 nitrogen and oxygen atoms in total. The van der Waals surface area contributed by atoms with Gasteiger partial charge in [0.1, 0.15) is 11.6 Å². The van der Waals surface area contributed by atoms with Gasteiger partial charge in [0.05, 0.1) is 35.1 Å². The Morgan fingerprint density at radius 3 is 2.62 bits per heavy atom. The van der Waals surface area contributed by atoms with Crippen LogP contribution in [-0.4, -0.2) is 75.1 Å². The minimum absolute atomic E-state index is 0.0554. The van der Waals surface area contributed by atoms with Crippen LogP contribution in [0.25, 0.3) is 22.4 Å². The van der Waals surface area contributed by atoms with Crippen molar-refractivity contribution >= 4 is 28.5 Å². The third-order valence-corrected chi connectivity index (χ3v) is 6.73. The van der Waals surface area contributed by atoms with Gasteiger partial charge in [-0.15, -0.1) is 0 Å². The summed E-state index contributed by atoms with van der Waals surface area (Å²) in [5, 5.41) is 2.87. The zero-order valence-electron chi connectivity index (χ0n) is 19.7. The number of anilines is 1. The van der Waals surface area contributed by atoms with E-state index in [9.17, 15) is 9.59 Å². The third kappa shape index (κ3) is 4.27. The van der Waals surface area contributed by atoms with Crippen molar-refractivity contribution < 1.29 is 14.3 Å². The van der Waals surface area contributed by atoms with Crippen molar-refractivity contribution in [2.75, 3.05) is 37.6 Å². The summed E-state index contributed by atoms with van der Waals surface area (Å²) in [7, 11) is 1.91. The highest BCUT2D eigenvalue weighted by molar-refractivity contribution is 5.84. The Bertz CT molecular complexity index is 1220. The van der Waals surface area contributed by atoms with Crippen LogP contribution in [0.15, 0.2) is 30.7 Å². The number of carbonyl (C=O) groups is 2. The van der Waals surface area contributed by atoms with Crippen molar-refractivity contribution in [3.8, 4) is 17.3 Å². The fraction of sp³-hybridized carbons (Fsp3) is 0.458. The summed E-state index contributed by atoms with van der Waals surface area (Å²) >= 11 is 0. The van der Waals surface area contributed by atoms with Gasteiger partial charge in [-0.05, 0) is 25.1 Å². The average Bonchev–Trinajstić information content (AvgIpc) is 3.45. The van der Waals surface area contributed by atoms with E-state index in [0.29, 0.717) is 24.5 Å². The molecule has 2 saturated heterocycles. The maximum Gasteiger partial charge on any atom is 0.241 e. The molecule has 2 atom stereocenters. The number of imidazole rings is 1. The molecule has 0 bridgehead atoms. The van der Waals surface area contributed by atoms with E-state index in [4.69, 9.17) is 9.72 Å². The number of piperazine rings is 1. The second-order valence-electron chi connectivity index (χ2n) is 9.02. The van der Waals surface area contributed by atoms with E-state index in [0.717, 1.165) is 48.6 Å². The van der Waals surface area contributed by atoms with Gasteiger partial charge in [0.25, 0.3) is 0 Å². The van der Waals surface area contributed by atoms with Crippen LogP contribution in [0.2, 0.25) is 0 Å². The van der Waals surface area contributed by atoms with Crippen LogP contribution < -0.4 is 15.0 Å². The highest BCUT2D eigenvalue weighted by Gasteiger charge is 2.29. The maximum atomic E-state index is 11.6. The van der Waals surface area contributed by atoms with Crippen molar-refractivity contribution in [1.29, 1.82) is 0 Å². The lowest BCUT2D eigenvalue weighted by molar-refractivity contribution is -0.129. The van der Waals surface area contributed by atoms with E-state index >= 15 is 0 Å². The Kier molecular flexibility index (Phi) is 5.80. The van der Waals surface area contributed by atoms with Crippen LogP contribution in [0.5, 0.6) is 5.88 Å². The van der Waals surface area contributed by atoms with Crippen LogP contribution in [0, 0.1) is 5.92 Å². The topological polar surface area (TPSA) is 105 Å². The Balaban J connectivity index is 1.38. The smallest absolute Gasteiger partial charge is 0.241 e. The van der Waals surface area contributed by atoms with Crippen LogP contribution in [-0.2, 0) is 16.6 Å². The summed E-state index contributed by atoms with van der Waals surface area (Å²) in [5.41, 5.74) is 4.03. The molecular weight excluding hydrogens is 434 g/mol. The monoisotopic (exact) mass is 463 g/mol. The van der Waals surface area contributed by atoms with Crippen molar-refractivity contribution in [1.82, 2.24) is 29.7 Å². The molecule has 0 radical (unpaired) electrons. The fourth-order valence-electron chi connectivity index (χ4n) is 4.59. The molecule has 2 aliphatic rings. The Hall–Kier alpha value is -3.69. The summed E-state index contributed by atoms with van der Waals surface area (Å²) in [6.07, 6.45) is 3.87. The van der Waals surface area contributed by atoms with Crippen LogP contribution >= 0.6 is 0 Å². The number of fused-ring (bicyclic) bond motifs is 1. The lowest BCUT2D eigenvalue weighted by Crippen LogP contribution is -2.48. The molecule has 178 valence electrons. The molecule has 5 rings (SSSR count). The second kappa shape index (κ2) is 8.92. The van der Waals surface area contributed by atoms with E-state index in [2.05, 4.69) is 20.2 Å². The van der Waals surface area contributed by atoms with Crippen LogP contribution in [0.3, 0.4) is 0 Å². The molecule has 0 aliphatic carbocycles. The normalized spacial score (nSPS) is 19.4. The number of hydrogen-bond donors (Lipinski definition) is 1. The quantitative estimate of drug-likeness (QED) is 0.613. The summed E-state index contributed by atoms with van der Waals surface area (Å²) in [5.74, 6) is 0.764. The standard InChI is InChI=1S/C24H29N7O3/c1-15(17-10-22(33)26-12-17)34-24-23-21(27-14-29(23)3)11-20(28-24)19-5-4-18(13-25-19)31-8-6-30(7-9-31)16(2)32/h4-5,11,13-15,17H,6-10,12H2,1-3H3,(H,26,33)/t15-,17?/m1/s1. The van der Waals surface area contributed by atoms with Crippen molar-refractivity contribution in [2.45, 2.75) is 26.4 Å². The van der Waals surface area contributed by atoms with E-state index < -0.39 is 0 Å². The van der Waals surface area contributed by atoms with Crippen molar-refractivity contribution in [3.05, 3.63) is 30.7 Å². The number of hydrogen-bond acceptors (Lipinski definition) is 7. The summed E-state index contributed by atoms with van der Waals surface area (Å²) in [6.45, 7) is 7.20. The SMILES string of the molecule is CC(=O)N1CCN(c2ccc(-c3cc4ncn(C)c4c(O[C@H](C)C4CNC(=O)C4)n3)nc2)CC1. The van der Waals surface area contributed by atoms with Gasteiger partial charge in [0.15, 0.2) is 0 Å². The lowest BCUT2D eigenvalue weighted by Gasteiger charge is -2.35. The molecule has 2 amide bonds. The predicted octanol–water partition coefficient (Wildman–Crippen LogP) is 1.60. The first-order valence-corrected chi connectivity index (χ1v) is 11.6. The zero-order chi connectivity index (χ0) is 23.8. The van der Waals surface area contributed by atoms with Gasteiger partial charge >= 0.3 is 0 Å². The number of amides is 2. The highest BCUT2D eigenvalue weighted by Crippen LogP contribution is 2.30. The number of nitrogens with one attached hydrogen (secondary N) is 1. The molecule has 2 fully saturated rings. The molecule has 3 aromatic rings. The zero-order valence-corrected chi connectivity index (χ0v) is 19.7. The Morgan fingerprint density at radius 1 is 1.18 bits per heavy atom.